The van der Waals surface area contributed by atoms with Gasteiger partial charge in [0.1, 0.15) is 17.4 Å². The SMILES string of the molecule is COc1cc(C=C2CCCN([C@@H](C)c3cc(F)cc(F)c3)C2=O)ccc1-n1cnc(C)c1. The second-order valence-corrected chi connectivity index (χ2v) is 8.00. The number of carbonyl (C=O) groups is 1. The molecular formula is C25H25F2N3O2. The number of aromatic nitrogens is 2. The molecule has 0 N–H and O–H groups in total. The van der Waals surface area contributed by atoms with E-state index in [2.05, 4.69) is 4.98 Å². The van der Waals surface area contributed by atoms with Crippen LogP contribution in [-0.2, 0) is 4.79 Å². The lowest BCUT2D eigenvalue weighted by Gasteiger charge is -2.34. The molecule has 0 saturated carbocycles. The molecule has 1 saturated heterocycles. The number of hydrogen-bond acceptors (Lipinski definition) is 3. The summed E-state index contributed by atoms with van der Waals surface area (Å²) in [5.74, 6) is -0.748. The number of methoxy groups -OCH3 is 1. The van der Waals surface area contributed by atoms with E-state index >= 15 is 0 Å². The normalized spacial score (nSPS) is 16.5. The third-order valence-electron chi connectivity index (χ3n) is 5.75. The van der Waals surface area contributed by atoms with Gasteiger partial charge in [-0.1, -0.05) is 6.07 Å². The van der Waals surface area contributed by atoms with Crippen molar-refractivity contribution in [3.05, 3.63) is 83.0 Å². The number of amides is 1. The van der Waals surface area contributed by atoms with Crippen LogP contribution in [0.1, 0.15) is 42.6 Å². The minimum absolute atomic E-state index is 0.123. The first-order valence-corrected chi connectivity index (χ1v) is 10.5. The zero-order valence-corrected chi connectivity index (χ0v) is 18.3. The van der Waals surface area contributed by atoms with Crippen LogP contribution >= 0.6 is 0 Å². The standard InChI is InChI=1S/C25H25F2N3O2/c1-16-14-29(15-28-16)23-7-6-18(10-24(23)32-3)9-19-5-4-8-30(25(19)31)17(2)20-11-21(26)13-22(27)12-20/h6-7,9-15,17H,4-5,8H2,1-3H3/t17-/m0/s1. The maximum atomic E-state index is 13.7. The smallest absolute Gasteiger partial charge is 0.250 e. The first-order valence-electron chi connectivity index (χ1n) is 10.5. The van der Waals surface area contributed by atoms with Crippen molar-refractivity contribution in [2.75, 3.05) is 13.7 Å². The molecule has 1 aliphatic rings. The van der Waals surface area contributed by atoms with Crippen LogP contribution < -0.4 is 4.74 Å². The van der Waals surface area contributed by atoms with Gasteiger partial charge >= 0.3 is 0 Å². The van der Waals surface area contributed by atoms with Gasteiger partial charge in [0.25, 0.3) is 0 Å². The maximum absolute atomic E-state index is 13.7. The number of piperidine rings is 1. The summed E-state index contributed by atoms with van der Waals surface area (Å²) in [6.45, 7) is 4.25. The molecule has 5 nitrogen and oxygen atoms in total. The van der Waals surface area contributed by atoms with Crippen LogP contribution in [0, 0.1) is 18.6 Å². The van der Waals surface area contributed by atoms with Crippen LogP contribution in [-0.4, -0.2) is 34.0 Å². The van der Waals surface area contributed by atoms with E-state index in [1.54, 1.807) is 25.3 Å². The van der Waals surface area contributed by atoms with E-state index in [0.717, 1.165) is 29.4 Å². The fourth-order valence-electron chi connectivity index (χ4n) is 4.08. The molecule has 2 aromatic carbocycles. The van der Waals surface area contributed by atoms with Gasteiger partial charge in [0, 0.05) is 24.4 Å². The highest BCUT2D eigenvalue weighted by molar-refractivity contribution is 5.98. The number of aryl methyl sites for hydroxylation is 1. The Balaban J connectivity index is 1.60. The van der Waals surface area contributed by atoms with E-state index in [9.17, 15) is 13.6 Å². The minimum Gasteiger partial charge on any atom is -0.495 e. The molecule has 4 rings (SSSR count). The van der Waals surface area contributed by atoms with Crippen LogP contribution in [0.2, 0.25) is 0 Å². The van der Waals surface area contributed by atoms with Crippen molar-refractivity contribution >= 4 is 12.0 Å². The maximum Gasteiger partial charge on any atom is 0.250 e. The Morgan fingerprint density at radius 3 is 2.56 bits per heavy atom. The summed E-state index contributed by atoms with van der Waals surface area (Å²) in [6.07, 6.45) is 6.92. The fraction of sp³-hybridized carbons (Fsp3) is 0.280. The summed E-state index contributed by atoms with van der Waals surface area (Å²) in [5, 5.41) is 0. The van der Waals surface area contributed by atoms with Crippen molar-refractivity contribution in [3.63, 3.8) is 0 Å². The van der Waals surface area contributed by atoms with Gasteiger partial charge in [-0.3, -0.25) is 4.79 Å². The van der Waals surface area contributed by atoms with E-state index in [1.807, 2.05) is 42.0 Å². The number of carbonyl (C=O) groups excluding carboxylic acids is 1. The highest BCUT2D eigenvalue weighted by atomic mass is 19.1. The Hall–Kier alpha value is -3.48. The summed E-state index contributed by atoms with van der Waals surface area (Å²) < 4.78 is 34.8. The molecule has 7 heteroatoms. The van der Waals surface area contributed by atoms with E-state index in [0.29, 0.717) is 29.9 Å². The Labute approximate surface area is 186 Å². The lowest BCUT2D eigenvalue weighted by atomic mass is 9.97. The molecule has 166 valence electrons. The van der Waals surface area contributed by atoms with Crippen LogP contribution in [0.4, 0.5) is 8.78 Å². The molecule has 1 aromatic heterocycles. The Bertz CT molecular complexity index is 1170. The van der Waals surface area contributed by atoms with Crippen molar-refractivity contribution in [2.24, 2.45) is 0 Å². The van der Waals surface area contributed by atoms with Crippen molar-refractivity contribution in [3.8, 4) is 11.4 Å². The zero-order chi connectivity index (χ0) is 22.8. The molecule has 1 fully saturated rings. The average Bonchev–Trinajstić information content (AvgIpc) is 3.20. The van der Waals surface area contributed by atoms with Crippen molar-refractivity contribution in [2.45, 2.75) is 32.7 Å². The van der Waals surface area contributed by atoms with Gasteiger partial charge < -0.3 is 14.2 Å². The summed E-state index contributed by atoms with van der Waals surface area (Å²) in [5.41, 5.74) is 3.70. The molecule has 0 radical (unpaired) electrons. The van der Waals surface area contributed by atoms with Gasteiger partial charge in [-0.2, -0.15) is 0 Å². The highest BCUT2D eigenvalue weighted by Crippen LogP contribution is 2.31. The molecule has 1 atom stereocenters. The molecule has 1 aliphatic heterocycles. The first-order chi connectivity index (χ1) is 15.4. The number of rotatable bonds is 5. The van der Waals surface area contributed by atoms with Gasteiger partial charge in [-0.15, -0.1) is 0 Å². The number of halogens is 2. The van der Waals surface area contributed by atoms with E-state index in [1.165, 1.54) is 12.1 Å². The first kappa shape index (κ1) is 21.7. The third-order valence-corrected chi connectivity index (χ3v) is 5.75. The number of imidazole rings is 1. The summed E-state index contributed by atoms with van der Waals surface area (Å²) in [6, 6.07) is 8.70. The molecule has 32 heavy (non-hydrogen) atoms. The number of benzene rings is 2. The average molecular weight is 437 g/mol. The molecule has 2 heterocycles. The topological polar surface area (TPSA) is 47.4 Å². The molecule has 0 aliphatic carbocycles. The lowest BCUT2D eigenvalue weighted by Crippen LogP contribution is -2.38. The van der Waals surface area contributed by atoms with Crippen molar-refractivity contribution < 1.29 is 18.3 Å². The Kier molecular flexibility index (Phi) is 6.08. The Morgan fingerprint density at radius 2 is 1.91 bits per heavy atom. The van der Waals surface area contributed by atoms with Crippen molar-refractivity contribution in [1.29, 1.82) is 0 Å². The number of ether oxygens (including phenoxy) is 1. The lowest BCUT2D eigenvalue weighted by molar-refractivity contribution is -0.130. The predicted molar refractivity (Wildman–Crippen MR) is 119 cm³/mol. The van der Waals surface area contributed by atoms with Crippen molar-refractivity contribution in [1.82, 2.24) is 14.5 Å². The quantitative estimate of drug-likeness (QED) is 0.513. The van der Waals surface area contributed by atoms with E-state index in [4.69, 9.17) is 4.74 Å². The highest BCUT2D eigenvalue weighted by Gasteiger charge is 2.28. The Morgan fingerprint density at radius 1 is 1.16 bits per heavy atom. The molecule has 0 spiro atoms. The molecule has 0 bridgehead atoms. The van der Waals surface area contributed by atoms with E-state index < -0.39 is 17.7 Å². The largest absolute Gasteiger partial charge is 0.495 e. The minimum atomic E-state index is -0.646. The van der Waals surface area contributed by atoms with Crippen LogP contribution in [0.3, 0.4) is 0 Å². The van der Waals surface area contributed by atoms with Crippen LogP contribution in [0.25, 0.3) is 11.8 Å². The van der Waals surface area contributed by atoms with Crippen LogP contribution in [0.15, 0.2) is 54.5 Å². The van der Waals surface area contributed by atoms with Gasteiger partial charge in [-0.05, 0) is 68.2 Å². The van der Waals surface area contributed by atoms with Crippen LogP contribution in [0.5, 0.6) is 5.75 Å². The number of likely N-dealkylation sites (tertiary alicyclic amines) is 1. The van der Waals surface area contributed by atoms with E-state index in [-0.39, 0.29) is 5.91 Å². The molecule has 0 unspecified atom stereocenters. The third kappa shape index (κ3) is 4.42. The molecule has 3 aromatic rings. The zero-order valence-electron chi connectivity index (χ0n) is 18.3. The molecule has 1 amide bonds. The second-order valence-electron chi connectivity index (χ2n) is 8.00. The van der Waals surface area contributed by atoms with Gasteiger partial charge in [0.05, 0.1) is 30.9 Å². The summed E-state index contributed by atoms with van der Waals surface area (Å²) >= 11 is 0. The predicted octanol–water partition coefficient (Wildman–Crippen LogP) is 5.23. The van der Waals surface area contributed by atoms with Gasteiger partial charge in [-0.25, -0.2) is 13.8 Å². The summed E-state index contributed by atoms with van der Waals surface area (Å²) in [7, 11) is 1.60. The van der Waals surface area contributed by atoms with Gasteiger partial charge in [0.15, 0.2) is 0 Å². The number of nitrogens with zero attached hydrogens (tertiary/aromatic N) is 3. The monoisotopic (exact) mass is 437 g/mol. The molecular weight excluding hydrogens is 412 g/mol. The fourth-order valence-corrected chi connectivity index (χ4v) is 4.08. The van der Waals surface area contributed by atoms with Gasteiger partial charge in [0.2, 0.25) is 5.91 Å². The second kappa shape index (κ2) is 8.94. The number of hydrogen-bond donors (Lipinski definition) is 0. The summed E-state index contributed by atoms with van der Waals surface area (Å²) in [4.78, 5) is 19.1.